The van der Waals surface area contributed by atoms with Crippen molar-refractivity contribution in [2.75, 3.05) is 6.61 Å². The minimum Gasteiger partial charge on any atom is -0.394 e. The zero-order chi connectivity index (χ0) is 21.1. The average Bonchev–Trinajstić information content (AvgIpc) is 3.12. The van der Waals surface area contributed by atoms with E-state index in [-0.39, 0.29) is 18.1 Å². The number of nitrogens with one attached hydrogen (secondary N) is 1. The number of aryl methyl sites for hydroxylation is 1. The van der Waals surface area contributed by atoms with Crippen LogP contribution in [-0.2, 0) is 7.05 Å². The first-order valence-corrected chi connectivity index (χ1v) is 9.49. The summed E-state index contributed by atoms with van der Waals surface area (Å²) in [6.07, 6.45) is 3.12. The molecule has 2 heterocycles. The van der Waals surface area contributed by atoms with Crippen molar-refractivity contribution >= 4 is 17.5 Å². The van der Waals surface area contributed by atoms with Crippen molar-refractivity contribution < 1.29 is 9.90 Å². The number of halogens is 1. The number of benzene rings is 1. The fraction of sp³-hybridized carbons (Fsp3) is 0.300. The molecule has 0 bridgehead atoms. The Hall–Kier alpha value is -2.97. The van der Waals surface area contributed by atoms with Crippen LogP contribution in [0.2, 0.25) is 5.02 Å². The van der Waals surface area contributed by atoms with Crippen LogP contribution < -0.4 is 10.9 Å². The molecule has 2 aromatic heterocycles. The molecule has 9 heteroatoms. The van der Waals surface area contributed by atoms with E-state index in [4.69, 9.17) is 11.6 Å². The summed E-state index contributed by atoms with van der Waals surface area (Å²) in [6.45, 7) is 3.52. The number of amides is 1. The fourth-order valence-electron chi connectivity index (χ4n) is 2.78. The van der Waals surface area contributed by atoms with E-state index in [1.54, 1.807) is 42.2 Å². The molecule has 8 nitrogen and oxygen atoms in total. The van der Waals surface area contributed by atoms with Crippen LogP contribution >= 0.6 is 11.6 Å². The second-order valence-electron chi connectivity index (χ2n) is 7.05. The Kier molecular flexibility index (Phi) is 6.14. The van der Waals surface area contributed by atoms with E-state index >= 15 is 0 Å². The highest BCUT2D eigenvalue weighted by Crippen LogP contribution is 2.20. The van der Waals surface area contributed by atoms with Gasteiger partial charge in [0.05, 0.1) is 30.7 Å². The third-order valence-electron chi connectivity index (χ3n) is 4.55. The highest BCUT2D eigenvalue weighted by Gasteiger charge is 2.22. The van der Waals surface area contributed by atoms with Gasteiger partial charge >= 0.3 is 0 Å². The summed E-state index contributed by atoms with van der Waals surface area (Å²) in [5, 5.41) is 21.3. The van der Waals surface area contributed by atoms with E-state index in [1.807, 2.05) is 13.8 Å². The maximum absolute atomic E-state index is 13.0. The van der Waals surface area contributed by atoms with Crippen molar-refractivity contribution in [2.45, 2.75) is 19.9 Å². The summed E-state index contributed by atoms with van der Waals surface area (Å²) < 4.78 is 2.69. The average molecular weight is 416 g/mol. The standard InChI is InChI=1S/C20H22ClN5O3/c1-12(2)18(11-27)23-19(28)16-8-17(13-4-6-14(21)7-5-13)24-26(20(16)29)15-9-22-25(3)10-15/h4-10,12,18,27H,11H2,1-3H3,(H,23,28). The van der Waals surface area contributed by atoms with Gasteiger partial charge in [0.2, 0.25) is 0 Å². The van der Waals surface area contributed by atoms with E-state index in [9.17, 15) is 14.7 Å². The SMILES string of the molecule is CC(C)C(CO)NC(=O)c1cc(-c2ccc(Cl)cc2)nn(-c2cnn(C)c2)c1=O. The third-order valence-corrected chi connectivity index (χ3v) is 4.80. The number of carbonyl (C=O) groups is 1. The monoisotopic (exact) mass is 415 g/mol. The zero-order valence-electron chi connectivity index (χ0n) is 16.3. The third kappa shape index (κ3) is 4.55. The minimum absolute atomic E-state index is 0.00192. The number of aromatic nitrogens is 4. The van der Waals surface area contributed by atoms with E-state index in [2.05, 4.69) is 15.5 Å². The van der Waals surface area contributed by atoms with E-state index in [0.29, 0.717) is 22.0 Å². The molecule has 0 saturated carbocycles. The largest absolute Gasteiger partial charge is 0.394 e. The van der Waals surface area contributed by atoms with E-state index < -0.39 is 17.5 Å². The maximum atomic E-state index is 13.0. The summed E-state index contributed by atoms with van der Waals surface area (Å²) in [5.41, 5.74) is 0.913. The Labute approximate surface area is 172 Å². The highest BCUT2D eigenvalue weighted by atomic mass is 35.5. The number of carbonyl (C=O) groups excluding carboxylic acids is 1. The summed E-state index contributed by atoms with van der Waals surface area (Å²) in [4.78, 5) is 25.9. The maximum Gasteiger partial charge on any atom is 0.284 e. The molecule has 2 N–H and O–H groups in total. The first kappa shape index (κ1) is 20.8. The molecule has 0 aliphatic rings. The Bertz CT molecular complexity index is 1070. The predicted octanol–water partition coefficient (Wildman–Crippen LogP) is 2.03. The quantitative estimate of drug-likeness (QED) is 0.641. The van der Waals surface area contributed by atoms with Gasteiger partial charge in [-0.1, -0.05) is 37.6 Å². The number of hydrogen-bond acceptors (Lipinski definition) is 5. The molecular weight excluding hydrogens is 394 g/mol. The minimum atomic E-state index is -0.575. The summed E-state index contributed by atoms with van der Waals surface area (Å²) in [5.74, 6) is -0.569. The van der Waals surface area contributed by atoms with Crippen molar-refractivity contribution in [3.63, 3.8) is 0 Å². The first-order valence-electron chi connectivity index (χ1n) is 9.11. The molecule has 29 heavy (non-hydrogen) atoms. The van der Waals surface area contributed by atoms with Crippen molar-refractivity contribution in [1.29, 1.82) is 0 Å². The molecule has 3 aromatic rings. The number of aliphatic hydroxyl groups is 1. The molecular formula is C20H22ClN5O3. The van der Waals surface area contributed by atoms with Crippen LogP contribution in [-0.4, -0.2) is 43.2 Å². The van der Waals surface area contributed by atoms with Gasteiger partial charge < -0.3 is 10.4 Å². The first-order chi connectivity index (χ1) is 13.8. The van der Waals surface area contributed by atoms with Gasteiger partial charge in [0, 0.05) is 17.6 Å². The lowest BCUT2D eigenvalue weighted by Gasteiger charge is -2.20. The molecule has 3 rings (SSSR count). The molecule has 1 unspecified atom stereocenters. The van der Waals surface area contributed by atoms with Crippen LogP contribution in [0.3, 0.4) is 0 Å². The van der Waals surface area contributed by atoms with Gasteiger partial charge in [-0.2, -0.15) is 14.9 Å². The van der Waals surface area contributed by atoms with E-state index in [1.165, 1.54) is 12.3 Å². The molecule has 0 aliphatic heterocycles. The summed E-state index contributed by atoms with van der Waals surface area (Å²) in [6, 6.07) is 7.91. The van der Waals surface area contributed by atoms with Crippen LogP contribution in [0.15, 0.2) is 47.5 Å². The second kappa shape index (κ2) is 8.59. The number of hydrogen-bond donors (Lipinski definition) is 2. The molecule has 1 amide bonds. The van der Waals surface area contributed by atoms with Gasteiger partial charge in [-0.25, -0.2) is 0 Å². The van der Waals surface area contributed by atoms with E-state index in [0.717, 1.165) is 4.68 Å². The molecule has 0 spiro atoms. The second-order valence-corrected chi connectivity index (χ2v) is 7.48. The molecule has 0 aliphatic carbocycles. The molecule has 1 atom stereocenters. The van der Waals surface area contributed by atoms with Crippen LogP contribution in [0.1, 0.15) is 24.2 Å². The Morgan fingerprint density at radius 3 is 2.52 bits per heavy atom. The number of rotatable bonds is 6. The fourth-order valence-corrected chi connectivity index (χ4v) is 2.91. The lowest BCUT2D eigenvalue weighted by molar-refractivity contribution is 0.0894. The van der Waals surface area contributed by atoms with Crippen molar-refractivity contribution in [3.05, 3.63) is 63.7 Å². The van der Waals surface area contributed by atoms with Gasteiger partial charge in [0.1, 0.15) is 11.3 Å². The highest BCUT2D eigenvalue weighted by molar-refractivity contribution is 6.30. The van der Waals surface area contributed by atoms with Gasteiger partial charge in [-0.05, 0) is 24.1 Å². The smallest absolute Gasteiger partial charge is 0.284 e. The van der Waals surface area contributed by atoms with Crippen LogP contribution in [0, 0.1) is 5.92 Å². The number of aliphatic hydroxyl groups excluding tert-OH is 1. The lowest BCUT2D eigenvalue weighted by Crippen LogP contribution is -2.43. The van der Waals surface area contributed by atoms with Crippen molar-refractivity contribution in [3.8, 4) is 16.9 Å². The van der Waals surface area contributed by atoms with Crippen molar-refractivity contribution in [2.24, 2.45) is 13.0 Å². The Balaban J connectivity index is 2.13. The van der Waals surface area contributed by atoms with Crippen molar-refractivity contribution in [1.82, 2.24) is 24.9 Å². The van der Waals surface area contributed by atoms with Crippen LogP contribution in [0.5, 0.6) is 0 Å². The molecule has 0 radical (unpaired) electrons. The molecule has 0 fully saturated rings. The Morgan fingerprint density at radius 2 is 1.97 bits per heavy atom. The molecule has 1 aromatic carbocycles. The summed E-state index contributed by atoms with van der Waals surface area (Å²) >= 11 is 5.96. The van der Waals surface area contributed by atoms with Gasteiger partial charge in [0.15, 0.2) is 0 Å². The topological polar surface area (TPSA) is 102 Å². The van der Waals surface area contributed by atoms with Crippen LogP contribution in [0.4, 0.5) is 0 Å². The lowest BCUT2D eigenvalue weighted by atomic mass is 10.0. The van der Waals surface area contributed by atoms with Gasteiger partial charge in [-0.3, -0.25) is 14.3 Å². The van der Waals surface area contributed by atoms with Gasteiger partial charge in [0.25, 0.3) is 11.5 Å². The zero-order valence-corrected chi connectivity index (χ0v) is 17.1. The van der Waals surface area contributed by atoms with Gasteiger partial charge in [-0.15, -0.1) is 0 Å². The summed E-state index contributed by atoms with van der Waals surface area (Å²) in [7, 11) is 1.72. The number of nitrogens with zero attached hydrogens (tertiary/aromatic N) is 4. The molecule has 152 valence electrons. The normalized spacial score (nSPS) is 12.2. The predicted molar refractivity (Wildman–Crippen MR) is 110 cm³/mol. The Morgan fingerprint density at radius 1 is 1.28 bits per heavy atom. The molecule has 0 saturated heterocycles. The van der Waals surface area contributed by atoms with Crippen LogP contribution in [0.25, 0.3) is 16.9 Å².